The third-order valence-electron chi connectivity index (χ3n) is 3.83. The summed E-state index contributed by atoms with van der Waals surface area (Å²) in [4.78, 5) is 26.4. The van der Waals surface area contributed by atoms with Crippen LogP contribution in [-0.2, 0) is 11.2 Å². The number of fused-ring (bicyclic) bond motifs is 2. The quantitative estimate of drug-likeness (QED) is 0.590. The summed E-state index contributed by atoms with van der Waals surface area (Å²) in [5.74, 6) is 0.131. The van der Waals surface area contributed by atoms with E-state index in [2.05, 4.69) is 10.3 Å². The Labute approximate surface area is 135 Å². The van der Waals surface area contributed by atoms with Gasteiger partial charge in [-0.2, -0.15) is 9.38 Å². The monoisotopic (exact) mass is 324 g/mol. The van der Waals surface area contributed by atoms with E-state index in [0.29, 0.717) is 24.2 Å². The van der Waals surface area contributed by atoms with Crippen LogP contribution in [0.5, 0.6) is 11.6 Å². The molecule has 1 aliphatic heterocycles. The fourth-order valence-electron chi connectivity index (χ4n) is 2.73. The predicted molar refractivity (Wildman–Crippen MR) is 85.3 cm³/mol. The molecule has 0 radical (unpaired) electrons. The second kappa shape index (κ2) is 5.34. The summed E-state index contributed by atoms with van der Waals surface area (Å²) in [6.45, 7) is 0. The zero-order chi connectivity index (χ0) is 16.7. The number of benzene rings is 1. The van der Waals surface area contributed by atoms with E-state index < -0.39 is 4.92 Å². The Balaban J connectivity index is 1.73. The van der Waals surface area contributed by atoms with Crippen molar-refractivity contribution in [2.24, 2.45) is 0 Å². The topological polar surface area (TPSA) is 98.8 Å². The summed E-state index contributed by atoms with van der Waals surface area (Å²) in [5.41, 5.74) is 2.10. The van der Waals surface area contributed by atoms with Gasteiger partial charge in [0.25, 0.3) is 0 Å². The van der Waals surface area contributed by atoms with Gasteiger partial charge in [0.1, 0.15) is 5.75 Å². The van der Waals surface area contributed by atoms with Crippen molar-refractivity contribution in [2.45, 2.75) is 12.8 Å². The molecule has 0 unspecified atom stereocenters. The molecule has 0 aliphatic carbocycles. The van der Waals surface area contributed by atoms with Crippen molar-refractivity contribution in [1.82, 2.24) is 9.38 Å². The predicted octanol–water partition coefficient (Wildman–Crippen LogP) is 2.92. The van der Waals surface area contributed by atoms with Crippen LogP contribution in [0.2, 0.25) is 0 Å². The summed E-state index contributed by atoms with van der Waals surface area (Å²) in [6, 6.07) is 10.2. The number of anilines is 1. The van der Waals surface area contributed by atoms with Crippen LogP contribution in [0.15, 0.2) is 42.6 Å². The summed E-state index contributed by atoms with van der Waals surface area (Å²) < 4.78 is 7.03. The lowest BCUT2D eigenvalue weighted by Crippen LogP contribution is -2.18. The van der Waals surface area contributed by atoms with Crippen LogP contribution in [0.4, 0.5) is 11.5 Å². The van der Waals surface area contributed by atoms with E-state index in [1.54, 1.807) is 42.6 Å². The molecule has 0 atom stereocenters. The molecular formula is C16H12N4O4. The summed E-state index contributed by atoms with van der Waals surface area (Å²) in [7, 11) is 0. The van der Waals surface area contributed by atoms with Crippen LogP contribution in [0.3, 0.4) is 0 Å². The van der Waals surface area contributed by atoms with Crippen molar-refractivity contribution >= 4 is 23.1 Å². The fraction of sp³-hybridized carbons (Fsp3) is 0.125. The van der Waals surface area contributed by atoms with Crippen molar-refractivity contribution in [1.29, 1.82) is 0 Å². The molecule has 1 N–H and O–H groups in total. The Hall–Kier alpha value is -3.42. The first-order valence-electron chi connectivity index (χ1n) is 7.34. The molecule has 1 aliphatic rings. The molecule has 24 heavy (non-hydrogen) atoms. The second-order valence-electron chi connectivity index (χ2n) is 5.40. The highest BCUT2D eigenvalue weighted by atomic mass is 16.6. The van der Waals surface area contributed by atoms with Crippen molar-refractivity contribution in [3.05, 3.63) is 58.3 Å². The molecule has 8 nitrogen and oxygen atoms in total. The van der Waals surface area contributed by atoms with Gasteiger partial charge < -0.3 is 20.2 Å². The van der Waals surface area contributed by atoms with Gasteiger partial charge in [-0.05, 0) is 41.2 Å². The van der Waals surface area contributed by atoms with Gasteiger partial charge in [0.2, 0.25) is 11.6 Å². The molecule has 0 spiro atoms. The van der Waals surface area contributed by atoms with Gasteiger partial charge in [-0.1, -0.05) is 6.07 Å². The van der Waals surface area contributed by atoms with E-state index >= 15 is 0 Å². The maximum Gasteiger partial charge on any atom is 0.392 e. The highest BCUT2D eigenvalue weighted by Crippen LogP contribution is 2.34. The first-order chi connectivity index (χ1) is 11.6. The number of nitrogens with one attached hydrogen (secondary N) is 1. The van der Waals surface area contributed by atoms with Gasteiger partial charge >= 0.3 is 11.7 Å². The number of ether oxygens (including phenoxy) is 1. The van der Waals surface area contributed by atoms with Crippen molar-refractivity contribution in [3.8, 4) is 11.6 Å². The smallest absolute Gasteiger partial charge is 0.392 e. The normalized spacial score (nSPS) is 13.4. The number of carbonyl (C=O) groups is 1. The molecule has 8 heteroatoms. The van der Waals surface area contributed by atoms with Crippen molar-refractivity contribution < 1.29 is 14.5 Å². The van der Waals surface area contributed by atoms with Crippen LogP contribution in [0.25, 0.3) is 5.65 Å². The molecule has 3 aromatic rings. The fourth-order valence-corrected chi connectivity index (χ4v) is 2.73. The molecule has 4 rings (SSSR count). The molecule has 1 aromatic carbocycles. The van der Waals surface area contributed by atoms with Gasteiger partial charge in [-0.15, -0.1) is 0 Å². The van der Waals surface area contributed by atoms with Gasteiger partial charge in [-0.25, -0.2) is 0 Å². The largest absolute Gasteiger partial charge is 0.433 e. The van der Waals surface area contributed by atoms with E-state index in [9.17, 15) is 14.9 Å². The summed E-state index contributed by atoms with van der Waals surface area (Å²) in [6.07, 6.45) is 2.58. The number of rotatable bonds is 3. The van der Waals surface area contributed by atoms with Gasteiger partial charge in [-0.3, -0.25) is 4.79 Å². The Bertz CT molecular complexity index is 979. The zero-order valence-electron chi connectivity index (χ0n) is 12.4. The maximum absolute atomic E-state index is 11.4. The van der Waals surface area contributed by atoms with Gasteiger partial charge in [0, 0.05) is 18.2 Å². The number of nitro groups is 1. The number of carbonyl (C=O) groups excluding carboxylic acids is 1. The minimum Gasteiger partial charge on any atom is -0.433 e. The molecule has 0 saturated carbocycles. The Morgan fingerprint density at radius 3 is 2.96 bits per heavy atom. The zero-order valence-corrected chi connectivity index (χ0v) is 12.4. The number of aryl methyl sites for hydroxylation is 1. The maximum atomic E-state index is 11.4. The third kappa shape index (κ3) is 2.34. The van der Waals surface area contributed by atoms with Crippen LogP contribution in [-0.4, -0.2) is 20.2 Å². The summed E-state index contributed by atoms with van der Waals surface area (Å²) in [5, 5.41) is 14.2. The minimum absolute atomic E-state index is 0.0212. The number of hydrogen-bond donors (Lipinski definition) is 1. The number of hydrogen-bond acceptors (Lipinski definition) is 5. The number of aromatic nitrogens is 2. The van der Waals surface area contributed by atoms with Gasteiger partial charge in [0.15, 0.2) is 0 Å². The number of pyridine rings is 1. The van der Waals surface area contributed by atoms with Crippen LogP contribution in [0.1, 0.15) is 12.0 Å². The first kappa shape index (κ1) is 14.2. The SMILES string of the molecule is O=C1CCc2cc(Oc3nc4ccccn4c3[N+](=O)[O-])ccc2N1. The molecule has 0 bridgehead atoms. The van der Waals surface area contributed by atoms with Crippen LogP contribution < -0.4 is 10.1 Å². The molecule has 120 valence electrons. The van der Waals surface area contributed by atoms with Crippen molar-refractivity contribution in [3.63, 3.8) is 0 Å². The number of nitrogens with zero attached hydrogens (tertiary/aromatic N) is 3. The first-order valence-corrected chi connectivity index (χ1v) is 7.34. The Morgan fingerprint density at radius 1 is 1.25 bits per heavy atom. The Morgan fingerprint density at radius 2 is 2.12 bits per heavy atom. The van der Waals surface area contributed by atoms with E-state index in [4.69, 9.17) is 4.74 Å². The molecule has 0 saturated heterocycles. The number of amides is 1. The van der Waals surface area contributed by atoms with Gasteiger partial charge in [0.05, 0.1) is 6.20 Å². The van der Waals surface area contributed by atoms with Crippen molar-refractivity contribution in [2.75, 3.05) is 5.32 Å². The highest BCUT2D eigenvalue weighted by molar-refractivity contribution is 5.94. The Kier molecular flexibility index (Phi) is 3.16. The van der Waals surface area contributed by atoms with Crippen LogP contribution >= 0.6 is 0 Å². The molecule has 1 amide bonds. The molecule has 2 aromatic heterocycles. The average Bonchev–Trinajstić information content (AvgIpc) is 2.93. The van der Waals surface area contributed by atoms with E-state index in [1.807, 2.05) is 0 Å². The number of imidazole rings is 1. The lowest BCUT2D eigenvalue weighted by atomic mass is 10.0. The minimum atomic E-state index is -0.520. The molecular weight excluding hydrogens is 312 g/mol. The highest BCUT2D eigenvalue weighted by Gasteiger charge is 2.25. The van der Waals surface area contributed by atoms with E-state index in [0.717, 1.165) is 11.3 Å². The van der Waals surface area contributed by atoms with E-state index in [-0.39, 0.29) is 17.6 Å². The average molecular weight is 324 g/mol. The standard InChI is InChI=1S/C16H12N4O4/c21-14-7-4-10-9-11(5-6-12(10)17-14)24-15-16(20(22)23)19-8-2-1-3-13(19)18-15/h1-3,5-6,8-9H,4,7H2,(H,17,21). The van der Waals surface area contributed by atoms with Crippen LogP contribution in [0, 0.1) is 10.1 Å². The molecule has 0 fully saturated rings. The van der Waals surface area contributed by atoms with E-state index in [1.165, 1.54) is 4.40 Å². The lowest BCUT2D eigenvalue weighted by molar-refractivity contribution is -0.391. The second-order valence-corrected chi connectivity index (χ2v) is 5.40. The lowest BCUT2D eigenvalue weighted by Gasteiger charge is -2.17. The summed E-state index contributed by atoms with van der Waals surface area (Å²) >= 11 is 0. The molecule has 3 heterocycles. The third-order valence-corrected chi connectivity index (χ3v) is 3.83.